The molecule has 0 spiro atoms. The number of benzene rings is 1. The van der Waals surface area contributed by atoms with Crippen LogP contribution in [0.3, 0.4) is 0 Å². The van der Waals surface area contributed by atoms with Gasteiger partial charge in [0.1, 0.15) is 6.04 Å². The first kappa shape index (κ1) is 17.1. The van der Waals surface area contributed by atoms with Crippen molar-refractivity contribution in [2.75, 3.05) is 0 Å². The summed E-state index contributed by atoms with van der Waals surface area (Å²) < 4.78 is 0. The van der Waals surface area contributed by atoms with Gasteiger partial charge in [-0.25, -0.2) is 5.48 Å². The van der Waals surface area contributed by atoms with E-state index >= 15 is 0 Å². The lowest BCUT2D eigenvalue weighted by molar-refractivity contribution is -0.137. The fraction of sp³-hybridized carbons (Fsp3) is 0.467. The van der Waals surface area contributed by atoms with Crippen molar-refractivity contribution in [3.63, 3.8) is 0 Å². The highest BCUT2D eigenvalue weighted by molar-refractivity contribution is 5.87. The predicted molar refractivity (Wildman–Crippen MR) is 77.5 cm³/mol. The van der Waals surface area contributed by atoms with Gasteiger partial charge in [0.2, 0.25) is 5.91 Å². The van der Waals surface area contributed by atoms with E-state index in [0.29, 0.717) is 6.42 Å². The van der Waals surface area contributed by atoms with Crippen molar-refractivity contribution in [3.05, 3.63) is 35.9 Å². The first-order chi connectivity index (χ1) is 10.0. The quantitative estimate of drug-likeness (QED) is 0.323. The van der Waals surface area contributed by atoms with Gasteiger partial charge in [-0.3, -0.25) is 14.8 Å². The van der Waals surface area contributed by atoms with Crippen molar-refractivity contribution in [1.82, 2.24) is 10.8 Å². The number of unbranched alkanes of at least 4 members (excludes halogenated alkanes) is 1. The van der Waals surface area contributed by atoms with Gasteiger partial charge >= 0.3 is 0 Å². The Bertz CT molecular complexity index is 448. The summed E-state index contributed by atoms with van der Waals surface area (Å²) in [4.78, 5) is 23.0. The Morgan fingerprint density at radius 2 is 1.86 bits per heavy atom. The standard InChI is InChI=1S/C15H22N2O4/c1-11(18)14(15(20)17-21)16-13(19)10-6-5-9-12-7-3-2-4-8-12/h2-4,7-8,11,14,18,21H,5-6,9-10H2,1H3,(H,16,19)(H,17,20). The topological polar surface area (TPSA) is 98.7 Å². The third kappa shape index (κ3) is 6.37. The molecule has 6 heteroatoms. The van der Waals surface area contributed by atoms with Gasteiger partial charge in [0.15, 0.2) is 0 Å². The summed E-state index contributed by atoms with van der Waals surface area (Å²) in [5.74, 6) is -1.15. The summed E-state index contributed by atoms with van der Waals surface area (Å²) >= 11 is 0. The van der Waals surface area contributed by atoms with E-state index in [1.165, 1.54) is 18.0 Å². The highest BCUT2D eigenvalue weighted by Gasteiger charge is 2.24. The van der Waals surface area contributed by atoms with Crippen LogP contribution in [0.4, 0.5) is 0 Å². The number of hydroxylamine groups is 1. The molecule has 2 amide bonds. The summed E-state index contributed by atoms with van der Waals surface area (Å²) in [5.41, 5.74) is 2.65. The molecule has 0 aromatic heterocycles. The van der Waals surface area contributed by atoms with Gasteiger partial charge in [-0.2, -0.15) is 0 Å². The lowest BCUT2D eigenvalue weighted by atomic mass is 10.1. The fourth-order valence-corrected chi connectivity index (χ4v) is 1.98. The van der Waals surface area contributed by atoms with Crippen LogP contribution >= 0.6 is 0 Å². The molecule has 0 radical (unpaired) electrons. The van der Waals surface area contributed by atoms with Crippen molar-refractivity contribution in [3.8, 4) is 0 Å². The molecule has 4 N–H and O–H groups in total. The largest absolute Gasteiger partial charge is 0.391 e. The fourth-order valence-electron chi connectivity index (χ4n) is 1.98. The van der Waals surface area contributed by atoms with Crippen molar-refractivity contribution in [2.45, 2.75) is 44.8 Å². The first-order valence-electron chi connectivity index (χ1n) is 7.00. The van der Waals surface area contributed by atoms with Gasteiger partial charge in [-0.05, 0) is 31.7 Å². The highest BCUT2D eigenvalue weighted by atomic mass is 16.5. The van der Waals surface area contributed by atoms with Crippen LogP contribution in [-0.2, 0) is 16.0 Å². The zero-order valence-electron chi connectivity index (χ0n) is 12.1. The Morgan fingerprint density at radius 3 is 2.43 bits per heavy atom. The molecule has 6 nitrogen and oxygen atoms in total. The van der Waals surface area contributed by atoms with E-state index in [1.807, 2.05) is 30.3 Å². The number of carbonyl (C=O) groups is 2. The Labute approximate surface area is 124 Å². The summed E-state index contributed by atoms with van der Waals surface area (Å²) in [6, 6.07) is 8.84. The number of nitrogens with one attached hydrogen (secondary N) is 2. The van der Waals surface area contributed by atoms with E-state index in [4.69, 9.17) is 5.21 Å². The van der Waals surface area contributed by atoms with Crippen LogP contribution in [0.1, 0.15) is 31.7 Å². The number of aliphatic hydroxyl groups is 1. The van der Waals surface area contributed by atoms with Crippen molar-refractivity contribution >= 4 is 11.8 Å². The monoisotopic (exact) mass is 294 g/mol. The van der Waals surface area contributed by atoms with Crippen molar-refractivity contribution in [2.24, 2.45) is 0 Å². The van der Waals surface area contributed by atoms with E-state index < -0.39 is 18.1 Å². The number of amides is 2. The maximum atomic E-state index is 11.7. The minimum absolute atomic E-state index is 0.273. The predicted octanol–water partition coefficient (Wildman–Crippen LogP) is 0.770. The molecule has 1 aromatic carbocycles. The lowest BCUT2D eigenvalue weighted by Crippen LogP contribution is -2.51. The third-order valence-electron chi connectivity index (χ3n) is 3.15. The number of rotatable bonds is 8. The number of aliphatic hydroxyl groups excluding tert-OH is 1. The number of aryl methyl sites for hydroxylation is 1. The van der Waals surface area contributed by atoms with Crippen LogP contribution in [0.5, 0.6) is 0 Å². The zero-order chi connectivity index (χ0) is 15.7. The highest BCUT2D eigenvalue weighted by Crippen LogP contribution is 2.06. The Hall–Kier alpha value is -1.92. The van der Waals surface area contributed by atoms with Crippen LogP contribution < -0.4 is 10.8 Å². The van der Waals surface area contributed by atoms with Crippen molar-refractivity contribution in [1.29, 1.82) is 0 Å². The molecule has 2 atom stereocenters. The number of hydrogen-bond acceptors (Lipinski definition) is 4. The Kier molecular flexibility index (Phi) is 7.42. The molecular weight excluding hydrogens is 272 g/mol. The van der Waals surface area contributed by atoms with E-state index in [1.54, 1.807) is 0 Å². The summed E-state index contributed by atoms with van der Waals surface area (Å²) in [6.45, 7) is 1.37. The molecule has 1 aromatic rings. The van der Waals surface area contributed by atoms with Gasteiger partial charge in [0, 0.05) is 6.42 Å². The third-order valence-corrected chi connectivity index (χ3v) is 3.15. The molecular formula is C15H22N2O4. The molecule has 0 aliphatic rings. The van der Waals surface area contributed by atoms with Gasteiger partial charge in [-0.15, -0.1) is 0 Å². The molecule has 0 heterocycles. The Morgan fingerprint density at radius 1 is 1.19 bits per heavy atom. The van der Waals surface area contributed by atoms with E-state index in [9.17, 15) is 14.7 Å². The molecule has 0 saturated heterocycles. The Balaban J connectivity index is 2.28. The van der Waals surface area contributed by atoms with Gasteiger partial charge in [0.25, 0.3) is 5.91 Å². The number of carbonyl (C=O) groups excluding carboxylic acids is 2. The minimum Gasteiger partial charge on any atom is -0.391 e. The molecule has 116 valence electrons. The molecule has 0 aliphatic carbocycles. The van der Waals surface area contributed by atoms with Gasteiger partial charge < -0.3 is 10.4 Å². The second-order valence-corrected chi connectivity index (χ2v) is 4.95. The number of hydrogen-bond donors (Lipinski definition) is 4. The SMILES string of the molecule is CC(O)C(NC(=O)CCCCc1ccccc1)C(=O)NO. The minimum atomic E-state index is -1.14. The molecule has 0 saturated carbocycles. The first-order valence-corrected chi connectivity index (χ1v) is 7.00. The summed E-state index contributed by atoms with van der Waals surface area (Å²) in [5, 5.41) is 20.3. The lowest BCUT2D eigenvalue weighted by Gasteiger charge is -2.19. The van der Waals surface area contributed by atoms with Crippen LogP contribution in [0.25, 0.3) is 0 Å². The average Bonchev–Trinajstić information content (AvgIpc) is 2.49. The van der Waals surface area contributed by atoms with E-state index in [2.05, 4.69) is 5.32 Å². The zero-order valence-corrected chi connectivity index (χ0v) is 12.1. The molecule has 0 bridgehead atoms. The molecule has 2 unspecified atom stereocenters. The van der Waals surface area contributed by atoms with Crippen LogP contribution in [0.2, 0.25) is 0 Å². The summed E-state index contributed by atoms with van der Waals surface area (Å²) in [7, 11) is 0. The molecule has 0 aliphatic heterocycles. The van der Waals surface area contributed by atoms with E-state index in [0.717, 1.165) is 12.8 Å². The normalized spacial score (nSPS) is 13.3. The summed E-state index contributed by atoms with van der Waals surface area (Å²) in [6.07, 6.45) is 1.64. The van der Waals surface area contributed by atoms with E-state index in [-0.39, 0.29) is 12.3 Å². The van der Waals surface area contributed by atoms with Crippen LogP contribution in [-0.4, -0.2) is 34.3 Å². The second kappa shape index (κ2) is 9.10. The molecule has 1 rings (SSSR count). The maximum Gasteiger partial charge on any atom is 0.268 e. The maximum absolute atomic E-state index is 11.7. The second-order valence-electron chi connectivity index (χ2n) is 4.95. The molecule has 21 heavy (non-hydrogen) atoms. The smallest absolute Gasteiger partial charge is 0.268 e. The van der Waals surface area contributed by atoms with Gasteiger partial charge in [0.05, 0.1) is 6.10 Å². The van der Waals surface area contributed by atoms with Crippen LogP contribution in [0.15, 0.2) is 30.3 Å². The van der Waals surface area contributed by atoms with Crippen LogP contribution in [0, 0.1) is 0 Å². The van der Waals surface area contributed by atoms with Crippen molar-refractivity contribution < 1.29 is 19.9 Å². The van der Waals surface area contributed by atoms with Gasteiger partial charge in [-0.1, -0.05) is 30.3 Å². The average molecular weight is 294 g/mol. The molecule has 0 fully saturated rings.